The molecular weight excluding hydrogens is 568 g/mol. The van der Waals surface area contributed by atoms with Gasteiger partial charge in [0.1, 0.15) is 28.7 Å². The predicted octanol–water partition coefficient (Wildman–Crippen LogP) is 2.24. The standard InChI is InChI=1S/C27H34N6O6S2/c1-31(2)27-30-14-23(40-27)33(41(36)37)20-8-10-32(25(20)34)21(26(35)39-15-16-5-4-6-16)12-18-11-17-7-9-29-24(28)19(17)13-22(18)38-3/h7,9,11,13-14,16,20-21,41H,4-6,8,10,12,15H2,1-3H3,(H2,28,29)/t20-,21+/m0/s1. The van der Waals surface area contributed by atoms with Gasteiger partial charge in [-0.15, -0.1) is 0 Å². The van der Waals surface area contributed by atoms with Crippen molar-refractivity contribution >= 4 is 60.8 Å². The van der Waals surface area contributed by atoms with Crippen LogP contribution in [-0.4, -0.2) is 81.6 Å². The Morgan fingerprint density at radius 2 is 2.02 bits per heavy atom. The second-order valence-electron chi connectivity index (χ2n) is 10.5. The summed E-state index contributed by atoms with van der Waals surface area (Å²) in [6, 6.07) is 3.50. The van der Waals surface area contributed by atoms with Crippen LogP contribution in [0.15, 0.2) is 30.6 Å². The van der Waals surface area contributed by atoms with Crippen molar-refractivity contribution in [2.24, 2.45) is 5.92 Å². The molecule has 1 aromatic carbocycles. The Morgan fingerprint density at radius 1 is 1.24 bits per heavy atom. The summed E-state index contributed by atoms with van der Waals surface area (Å²) in [5.41, 5.74) is 6.76. The molecule has 220 valence electrons. The van der Waals surface area contributed by atoms with Gasteiger partial charge in [0.15, 0.2) is 5.13 Å². The third-order valence-electron chi connectivity index (χ3n) is 7.72. The van der Waals surface area contributed by atoms with Crippen LogP contribution >= 0.6 is 11.3 Å². The van der Waals surface area contributed by atoms with Gasteiger partial charge < -0.3 is 25.0 Å². The Labute approximate surface area is 244 Å². The van der Waals surface area contributed by atoms with Crippen LogP contribution in [0.4, 0.5) is 16.0 Å². The summed E-state index contributed by atoms with van der Waals surface area (Å²) in [7, 11) is 1.99. The Morgan fingerprint density at radius 3 is 2.66 bits per heavy atom. The third kappa shape index (κ3) is 5.89. The van der Waals surface area contributed by atoms with Gasteiger partial charge in [-0.2, -0.15) is 0 Å². The van der Waals surface area contributed by atoms with Crippen molar-refractivity contribution in [2.75, 3.05) is 49.3 Å². The van der Waals surface area contributed by atoms with Crippen molar-refractivity contribution < 1.29 is 27.5 Å². The number of hydrogen-bond acceptors (Lipinski definition) is 11. The molecule has 2 aliphatic rings. The molecule has 41 heavy (non-hydrogen) atoms. The highest BCUT2D eigenvalue weighted by Gasteiger charge is 2.44. The number of benzene rings is 1. The number of thiazole rings is 1. The minimum absolute atomic E-state index is 0.123. The minimum atomic E-state index is -3.14. The van der Waals surface area contributed by atoms with E-state index in [9.17, 15) is 18.0 Å². The van der Waals surface area contributed by atoms with Crippen LogP contribution in [0.3, 0.4) is 0 Å². The molecule has 0 radical (unpaired) electrons. The Hall–Kier alpha value is -3.65. The zero-order chi connectivity index (χ0) is 29.3. The lowest BCUT2D eigenvalue weighted by Gasteiger charge is -2.30. The lowest BCUT2D eigenvalue weighted by molar-refractivity contribution is -0.155. The quantitative estimate of drug-likeness (QED) is 0.247. The summed E-state index contributed by atoms with van der Waals surface area (Å²) in [6.07, 6.45) is 6.52. The highest BCUT2D eigenvalue weighted by atomic mass is 32.2. The van der Waals surface area contributed by atoms with Gasteiger partial charge in [-0.3, -0.25) is 4.79 Å². The molecule has 1 amide bonds. The molecule has 0 spiro atoms. The summed E-state index contributed by atoms with van der Waals surface area (Å²) in [6.45, 7) is 0.489. The van der Waals surface area contributed by atoms with E-state index in [2.05, 4.69) is 9.97 Å². The molecule has 5 rings (SSSR count). The number of hydrogen-bond donors (Lipinski definition) is 2. The molecule has 1 saturated carbocycles. The number of nitrogens with zero attached hydrogens (tertiary/aromatic N) is 5. The molecule has 1 aliphatic carbocycles. The van der Waals surface area contributed by atoms with E-state index >= 15 is 0 Å². The number of nitrogen functional groups attached to an aromatic ring is 1. The Kier molecular flexibility index (Phi) is 8.50. The number of thiol groups is 1. The lowest BCUT2D eigenvalue weighted by Crippen LogP contribution is -2.49. The number of carbonyl (C=O) groups excluding carboxylic acids is 2. The van der Waals surface area contributed by atoms with Crippen LogP contribution in [0, 0.1) is 5.92 Å². The van der Waals surface area contributed by atoms with Crippen molar-refractivity contribution in [3.05, 3.63) is 36.2 Å². The second-order valence-corrected chi connectivity index (χ2v) is 12.4. The second kappa shape index (κ2) is 12.1. The van der Waals surface area contributed by atoms with Gasteiger partial charge in [0.05, 0.1) is 19.9 Å². The first-order chi connectivity index (χ1) is 19.7. The average Bonchev–Trinajstić information content (AvgIpc) is 3.54. The smallest absolute Gasteiger partial charge is 0.329 e. The minimum Gasteiger partial charge on any atom is -0.496 e. The summed E-state index contributed by atoms with van der Waals surface area (Å²) < 4.78 is 37.3. The topological polar surface area (TPSA) is 148 Å². The summed E-state index contributed by atoms with van der Waals surface area (Å²) in [5.74, 6) is 0.205. The predicted molar refractivity (Wildman–Crippen MR) is 158 cm³/mol. The number of anilines is 3. The van der Waals surface area contributed by atoms with Crippen LogP contribution in [0.1, 0.15) is 31.2 Å². The van der Waals surface area contributed by atoms with E-state index < -0.39 is 34.9 Å². The molecule has 2 aromatic heterocycles. The van der Waals surface area contributed by atoms with Crippen molar-refractivity contribution in [3.8, 4) is 5.75 Å². The number of carbonyl (C=O) groups is 2. The van der Waals surface area contributed by atoms with Crippen LogP contribution in [0.25, 0.3) is 10.8 Å². The van der Waals surface area contributed by atoms with Crippen molar-refractivity contribution in [1.82, 2.24) is 14.9 Å². The molecule has 12 nitrogen and oxygen atoms in total. The maximum atomic E-state index is 13.8. The Bertz CT molecular complexity index is 1510. The van der Waals surface area contributed by atoms with Crippen molar-refractivity contribution in [3.63, 3.8) is 0 Å². The number of pyridine rings is 1. The zero-order valence-corrected chi connectivity index (χ0v) is 24.9. The lowest BCUT2D eigenvalue weighted by atomic mass is 9.86. The highest BCUT2D eigenvalue weighted by molar-refractivity contribution is 7.74. The van der Waals surface area contributed by atoms with E-state index in [4.69, 9.17) is 15.2 Å². The maximum Gasteiger partial charge on any atom is 0.329 e. The first-order valence-electron chi connectivity index (χ1n) is 13.4. The molecule has 3 heterocycles. The molecule has 0 bridgehead atoms. The number of esters is 1. The first kappa shape index (κ1) is 28.9. The molecule has 2 atom stereocenters. The van der Waals surface area contributed by atoms with E-state index in [1.165, 1.54) is 29.5 Å². The van der Waals surface area contributed by atoms with Crippen LogP contribution in [0.5, 0.6) is 5.75 Å². The number of amides is 1. The van der Waals surface area contributed by atoms with Gasteiger partial charge >= 0.3 is 5.97 Å². The van der Waals surface area contributed by atoms with E-state index in [1.807, 2.05) is 12.1 Å². The molecule has 14 heteroatoms. The first-order valence-corrected chi connectivity index (χ1v) is 15.4. The maximum absolute atomic E-state index is 13.8. The van der Waals surface area contributed by atoms with Gasteiger partial charge in [-0.05, 0) is 54.3 Å². The van der Waals surface area contributed by atoms with E-state index in [0.29, 0.717) is 45.2 Å². The molecule has 2 N–H and O–H groups in total. The largest absolute Gasteiger partial charge is 0.496 e. The highest BCUT2D eigenvalue weighted by Crippen LogP contribution is 2.35. The summed E-state index contributed by atoms with van der Waals surface area (Å²) in [5, 5.41) is 2.49. The number of ether oxygens (including phenoxy) is 2. The van der Waals surface area contributed by atoms with E-state index in [0.717, 1.165) is 29.0 Å². The summed E-state index contributed by atoms with van der Waals surface area (Å²) in [4.78, 5) is 39.0. The number of nitrogens with two attached hydrogens (primary N) is 1. The Balaban J connectivity index is 1.45. The van der Waals surface area contributed by atoms with Crippen molar-refractivity contribution in [2.45, 2.75) is 44.2 Å². The van der Waals surface area contributed by atoms with Crippen LogP contribution in [-0.2, 0) is 31.6 Å². The van der Waals surface area contributed by atoms with Gasteiger partial charge in [-0.25, -0.2) is 27.5 Å². The fourth-order valence-corrected chi connectivity index (χ4v) is 7.02. The van der Waals surface area contributed by atoms with E-state index in [-0.39, 0.29) is 19.4 Å². The normalized spacial score (nSPS) is 18.0. The molecular formula is C27H34N6O6S2. The monoisotopic (exact) mass is 602 g/mol. The molecule has 1 saturated heterocycles. The van der Waals surface area contributed by atoms with Gasteiger partial charge in [0, 0.05) is 38.6 Å². The number of methoxy groups -OCH3 is 1. The average molecular weight is 603 g/mol. The van der Waals surface area contributed by atoms with Crippen molar-refractivity contribution in [1.29, 1.82) is 0 Å². The fourth-order valence-electron chi connectivity index (χ4n) is 5.25. The van der Waals surface area contributed by atoms with Gasteiger partial charge in [0.2, 0.25) is 16.8 Å². The van der Waals surface area contributed by atoms with Gasteiger partial charge in [-0.1, -0.05) is 17.8 Å². The summed E-state index contributed by atoms with van der Waals surface area (Å²) >= 11 is 1.17. The third-order valence-corrected chi connectivity index (χ3v) is 9.86. The SMILES string of the molecule is COc1cc2c(N)nccc2cc1C[C@H](C(=O)OCC1CCC1)N1CC[C@H](N(c2cnc(N(C)C)s2)[SH](=O)=O)C1=O. The zero-order valence-electron chi connectivity index (χ0n) is 23.2. The number of aromatic nitrogens is 2. The molecule has 2 fully saturated rings. The van der Waals surface area contributed by atoms with Crippen LogP contribution < -0.4 is 19.7 Å². The fraction of sp³-hybridized carbons (Fsp3) is 0.481. The van der Waals surface area contributed by atoms with E-state index in [1.54, 1.807) is 31.3 Å². The number of likely N-dealkylation sites (tertiary alicyclic amines) is 1. The number of fused-ring (bicyclic) bond motifs is 1. The van der Waals surface area contributed by atoms with Gasteiger partial charge in [0.25, 0.3) is 0 Å². The number of rotatable bonds is 11. The molecule has 3 aromatic rings. The van der Waals surface area contributed by atoms with Crippen LogP contribution in [0.2, 0.25) is 0 Å². The molecule has 0 unspecified atom stereocenters. The molecule has 1 aliphatic heterocycles.